The highest BCUT2D eigenvalue weighted by Crippen LogP contribution is 2.50. The maximum atomic E-state index is 11.1. The second-order valence-electron chi connectivity index (χ2n) is 9.25. The van der Waals surface area contributed by atoms with E-state index in [0.717, 1.165) is 6.42 Å². The van der Waals surface area contributed by atoms with Crippen LogP contribution in [0.4, 0.5) is 0 Å². The van der Waals surface area contributed by atoms with Crippen LogP contribution in [0.15, 0.2) is 42.7 Å². The van der Waals surface area contributed by atoms with Crippen molar-refractivity contribution in [2.24, 2.45) is 16.7 Å². The smallest absolute Gasteiger partial charge is 0.297 e. The Morgan fingerprint density at radius 1 is 1.10 bits per heavy atom. The topological polar surface area (TPSA) is 55.8 Å². The zero-order valence-electron chi connectivity index (χ0n) is 18.9. The zero-order chi connectivity index (χ0) is 22.2. The van der Waals surface area contributed by atoms with Crippen molar-refractivity contribution in [3.8, 4) is 0 Å². The van der Waals surface area contributed by atoms with E-state index in [0.29, 0.717) is 17.6 Å². The number of ether oxygens (including phenoxy) is 2. The molecule has 2 unspecified atom stereocenters. The molecule has 2 radical (unpaired) electrons. The van der Waals surface area contributed by atoms with Crippen molar-refractivity contribution in [3.05, 3.63) is 48.2 Å². The molecule has 29 heavy (non-hydrogen) atoms. The summed E-state index contributed by atoms with van der Waals surface area (Å²) in [7, 11) is 5.19. The largest absolute Gasteiger partial charge is 0.495 e. The average Bonchev–Trinajstić information content (AvgIpc) is 2.68. The summed E-state index contributed by atoms with van der Waals surface area (Å²) in [5.41, 5.74) is 0.907. The summed E-state index contributed by atoms with van der Waals surface area (Å²) < 4.78 is 10.6. The van der Waals surface area contributed by atoms with Gasteiger partial charge in [0.25, 0.3) is 5.97 Å². The van der Waals surface area contributed by atoms with E-state index >= 15 is 0 Å². The van der Waals surface area contributed by atoms with Crippen LogP contribution in [0.25, 0.3) is 0 Å². The number of benzene rings is 1. The number of aliphatic hydroxyl groups is 1. The van der Waals surface area contributed by atoms with Crippen LogP contribution >= 0.6 is 0 Å². The van der Waals surface area contributed by atoms with E-state index in [1.807, 2.05) is 6.07 Å². The van der Waals surface area contributed by atoms with Crippen LogP contribution in [0.5, 0.6) is 0 Å². The van der Waals surface area contributed by atoms with Crippen molar-refractivity contribution in [2.45, 2.75) is 66.3 Å². The summed E-state index contributed by atoms with van der Waals surface area (Å²) in [5, 5.41) is 9.99. The molecule has 0 spiro atoms. The van der Waals surface area contributed by atoms with Crippen molar-refractivity contribution in [2.75, 3.05) is 13.2 Å². The fourth-order valence-corrected chi connectivity index (χ4v) is 3.29. The maximum absolute atomic E-state index is 11.1. The van der Waals surface area contributed by atoms with Crippen LogP contribution < -0.4 is 0 Å². The van der Waals surface area contributed by atoms with Crippen LogP contribution in [0, 0.1) is 16.7 Å². The molecule has 0 aliphatic rings. The molecule has 0 fully saturated rings. The van der Waals surface area contributed by atoms with Gasteiger partial charge in [-0.2, -0.15) is 0 Å². The first-order valence-electron chi connectivity index (χ1n) is 10.3. The van der Waals surface area contributed by atoms with Gasteiger partial charge in [-0.25, -0.2) is 0 Å². The number of hydrogen-bond acceptors (Lipinski definition) is 4. The highest BCUT2D eigenvalue weighted by Gasteiger charge is 2.42. The Labute approximate surface area is 178 Å². The van der Waals surface area contributed by atoms with Crippen LogP contribution in [0.3, 0.4) is 0 Å². The molecule has 0 saturated heterocycles. The van der Waals surface area contributed by atoms with Gasteiger partial charge in [-0.15, -0.1) is 0 Å². The summed E-state index contributed by atoms with van der Waals surface area (Å²) in [5.74, 6) is 0.979. The highest BCUT2D eigenvalue weighted by atomic mass is 16.5. The molecule has 0 heterocycles. The SMILES string of the molecule is [B]CC(=O)OCC(O)COC(=C)C(C)(C)C(C)(C)CC(c1ccccc1)C(C)C. The van der Waals surface area contributed by atoms with Crippen molar-refractivity contribution in [3.63, 3.8) is 0 Å². The predicted octanol–water partition coefficient (Wildman–Crippen LogP) is 4.89. The fraction of sp³-hybridized carbons (Fsp3) is 0.625. The molecule has 5 heteroatoms. The van der Waals surface area contributed by atoms with Crippen molar-refractivity contribution < 1.29 is 19.4 Å². The molecule has 2 atom stereocenters. The average molecular weight is 400 g/mol. The van der Waals surface area contributed by atoms with Crippen LogP contribution in [0.2, 0.25) is 6.32 Å². The van der Waals surface area contributed by atoms with E-state index in [9.17, 15) is 9.90 Å². The molecule has 0 aliphatic carbocycles. The van der Waals surface area contributed by atoms with Crippen molar-refractivity contribution >= 4 is 13.8 Å². The quantitative estimate of drug-likeness (QED) is 0.308. The van der Waals surface area contributed by atoms with Crippen LogP contribution in [-0.2, 0) is 14.3 Å². The summed E-state index contributed by atoms with van der Waals surface area (Å²) in [6.45, 7) is 17.2. The Bertz CT molecular complexity index is 652. The predicted molar refractivity (Wildman–Crippen MR) is 119 cm³/mol. The molecule has 1 rings (SSSR count). The molecule has 160 valence electrons. The number of rotatable bonds is 12. The van der Waals surface area contributed by atoms with Crippen LogP contribution in [0.1, 0.15) is 59.4 Å². The summed E-state index contributed by atoms with van der Waals surface area (Å²) in [6, 6.07) is 10.6. The first-order valence-corrected chi connectivity index (χ1v) is 10.3. The molecule has 0 bridgehead atoms. The molecule has 4 nitrogen and oxygen atoms in total. The van der Waals surface area contributed by atoms with E-state index in [1.54, 1.807) is 0 Å². The summed E-state index contributed by atoms with van der Waals surface area (Å²) in [6.07, 6.45) is -0.158. The standard InChI is InChI=1S/C24H37BO4/c1-17(2)21(19-11-9-8-10-12-19)13-23(4,5)24(6,7)18(3)28-15-20(26)16-29-22(27)14-25/h8-12,17,20-21,26H,3,13-16H2,1-2,4-7H3. The Morgan fingerprint density at radius 3 is 2.17 bits per heavy atom. The van der Waals surface area contributed by atoms with Crippen molar-refractivity contribution in [1.29, 1.82) is 0 Å². The number of carbonyl (C=O) groups excluding carboxylic acids is 1. The Morgan fingerprint density at radius 2 is 1.66 bits per heavy atom. The number of carbonyl (C=O) groups is 1. The van der Waals surface area contributed by atoms with Gasteiger partial charge in [0.1, 0.15) is 19.3 Å². The lowest BCUT2D eigenvalue weighted by Gasteiger charge is -2.45. The summed E-state index contributed by atoms with van der Waals surface area (Å²) >= 11 is 0. The fourth-order valence-electron chi connectivity index (χ4n) is 3.29. The van der Waals surface area contributed by atoms with Gasteiger partial charge in [-0.1, -0.05) is 78.5 Å². The Kier molecular flexibility index (Phi) is 9.48. The lowest BCUT2D eigenvalue weighted by molar-refractivity contribution is -0.144. The second kappa shape index (κ2) is 10.9. The minimum Gasteiger partial charge on any atom is -0.495 e. The van der Waals surface area contributed by atoms with Gasteiger partial charge in [0.2, 0.25) is 0 Å². The van der Waals surface area contributed by atoms with Gasteiger partial charge in [0.05, 0.1) is 13.6 Å². The number of aliphatic hydroxyl groups excluding tert-OH is 1. The number of allylic oxidation sites excluding steroid dienone is 1. The molecular weight excluding hydrogens is 363 g/mol. The minimum absolute atomic E-state index is 0.0164. The third-order valence-corrected chi connectivity index (χ3v) is 6.21. The maximum Gasteiger partial charge on any atom is 0.297 e. The van der Waals surface area contributed by atoms with Gasteiger partial charge >= 0.3 is 0 Å². The summed E-state index contributed by atoms with van der Waals surface area (Å²) in [4.78, 5) is 11.1. The van der Waals surface area contributed by atoms with Gasteiger partial charge in [-0.05, 0) is 29.2 Å². The van der Waals surface area contributed by atoms with Crippen molar-refractivity contribution in [1.82, 2.24) is 0 Å². The molecule has 0 aliphatic heterocycles. The first-order chi connectivity index (χ1) is 13.4. The normalized spacial score (nSPS) is 14.3. The third kappa shape index (κ3) is 7.22. The molecule has 1 N–H and O–H groups in total. The van der Waals surface area contributed by atoms with Gasteiger partial charge in [0, 0.05) is 11.7 Å². The lowest BCUT2D eigenvalue weighted by Crippen LogP contribution is -2.38. The number of hydrogen-bond donors (Lipinski definition) is 1. The monoisotopic (exact) mass is 400 g/mol. The molecular formula is C24H37BO4. The molecule has 1 aromatic carbocycles. The minimum atomic E-state index is -0.922. The van der Waals surface area contributed by atoms with Crippen LogP contribution in [-0.4, -0.2) is 38.2 Å². The molecule has 1 aromatic rings. The van der Waals surface area contributed by atoms with Gasteiger partial charge < -0.3 is 14.6 Å². The third-order valence-electron chi connectivity index (χ3n) is 6.21. The first kappa shape index (κ1) is 25.3. The van der Waals surface area contributed by atoms with E-state index in [1.165, 1.54) is 5.56 Å². The molecule has 0 amide bonds. The Hall–Kier alpha value is -1.75. The Balaban J connectivity index is 2.78. The zero-order valence-corrected chi connectivity index (χ0v) is 18.9. The molecule has 0 saturated carbocycles. The lowest BCUT2D eigenvalue weighted by atomic mass is 9.61. The molecule has 0 aromatic heterocycles. The second-order valence-corrected chi connectivity index (χ2v) is 9.25. The van der Waals surface area contributed by atoms with E-state index < -0.39 is 12.1 Å². The van der Waals surface area contributed by atoms with E-state index in [-0.39, 0.29) is 30.4 Å². The van der Waals surface area contributed by atoms with Gasteiger partial charge in [-0.3, -0.25) is 4.79 Å². The van der Waals surface area contributed by atoms with E-state index in [4.69, 9.17) is 17.3 Å². The van der Waals surface area contributed by atoms with Gasteiger partial charge in [0.15, 0.2) is 0 Å². The van der Waals surface area contributed by atoms with E-state index in [2.05, 4.69) is 72.4 Å². The number of esters is 1. The highest BCUT2D eigenvalue weighted by molar-refractivity contribution is 6.18.